The first kappa shape index (κ1) is 23.4. The summed E-state index contributed by atoms with van der Waals surface area (Å²) < 4.78 is 55.2. The third-order valence-corrected chi connectivity index (χ3v) is 7.93. The second kappa shape index (κ2) is 9.00. The van der Waals surface area contributed by atoms with Crippen molar-refractivity contribution in [2.24, 2.45) is 0 Å². The molecule has 0 bridgehead atoms. The SMILES string of the molecule is CCN(C)S(=O)(=O)NC(=O)c1cnn2ccc(N3CCC[C@@H]3c3cc(F)cc4c3OCCO4)cc12. The van der Waals surface area contributed by atoms with Crippen molar-refractivity contribution in [2.75, 3.05) is 38.3 Å². The second-order valence-electron chi connectivity index (χ2n) is 8.49. The zero-order valence-corrected chi connectivity index (χ0v) is 20.2. The van der Waals surface area contributed by atoms with Crippen LogP contribution in [0.1, 0.15) is 41.7 Å². The summed E-state index contributed by atoms with van der Waals surface area (Å²) >= 11 is 0. The van der Waals surface area contributed by atoms with Crippen molar-refractivity contribution in [1.29, 1.82) is 0 Å². The molecule has 2 aromatic heterocycles. The molecule has 12 heteroatoms. The molecule has 0 unspecified atom stereocenters. The number of anilines is 1. The van der Waals surface area contributed by atoms with E-state index >= 15 is 0 Å². The summed E-state index contributed by atoms with van der Waals surface area (Å²) in [6.07, 6.45) is 4.73. The van der Waals surface area contributed by atoms with Crippen LogP contribution in [0.25, 0.3) is 5.52 Å². The van der Waals surface area contributed by atoms with E-state index in [4.69, 9.17) is 9.47 Å². The Morgan fingerprint density at radius 1 is 1.29 bits per heavy atom. The van der Waals surface area contributed by atoms with Gasteiger partial charge in [-0.1, -0.05) is 6.92 Å². The Balaban J connectivity index is 1.49. The zero-order chi connectivity index (χ0) is 24.7. The first-order valence-electron chi connectivity index (χ1n) is 11.4. The molecule has 0 radical (unpaired) electrons. The number of benzene rings is 1. The van der Waals surface area contributed by atoms with Gasteiger partial charge in [0.2, 0.25) is 0 Å². The van der Waals surface area contributed by atoms with Crippen LogP contribution in [0, 0.1) is 5.82 Å². The topological polar surface area (TPSA) is 105 Å². The molecule has 35 heavy (non-hydrogen) atoms. The number of amides is 1. The van der Waals surface area contributed by atoms with Crippen LogP contribution in [0.15, 0.2) is 36.7 Å². The van der Waals surface area contributed by atoms with Crippen LogP contribution in [0.3, 0.4) is 0 Å². The number of ether oxygens (including phenoxy) is 2. The number of nitrogens with one attached hydrogen (secondary N) is 1. The maximum Gasteiger partial charge on any atom is 0.303 e. The lowest BCUT2D eigenvalue weighted by Crippen LogP contribution is -2.41. The third-order valence-electron chi connectivity index (χ3n) is 6.41. The number of hydrogen-bond donors (Lipinski definition) is 1. The Hall–Kier alpha value is -3.38. The summed E-state index contributed by atoms with van der Waals surface area (Å²) in [6.45, 7) is 3.38. The van der Waals surface area contributed by atoms with E-state index in [9.17, 15) is 17.6 Å². The first-order valence-corrected chi connectivity index (χ1v) is 12.8. The summed E-state index contributed by atoms with van der Waals surface area (Å²) in [5, 5.41) is 4.19. The molecule has 5 rings (SSSR count). The van der Waals surface area contributed by atoms with Crippen LogP contribution in [-0.4, -0.2) is 61.6 Å². The van der Waals surface area contributed by atoms with E-state index in [1.54, 1.807) is 19.2 Å². The molecule has 1 atom stereocenters. The molecule has 1 saturated heterocycles. The van der Waals surface area contributed by atoms with E-state index in [2.05, 4.69) is 14.7 Å². The van der Waals surface area contributed by atoms with Crippen LogP contribution in [-0.2, 0) is 10.2 Å². The molecule has 2 aliphatic heterocycles. The molecule has 0 aliphatic carbocycles. The number of carbonyl (C=O) groups excluding carboxylic acids is 1. The number of rotatable bonds is 6. The maximum absolute atomic E-state index is 14.4. The van der Waals surface area contributed by atoms with Crippen molar-refractivity contribution in [3.8, 4) is 11.5 Å². The van der Waals surface area contributed by atoms with Gasteiger partial charge in [-0.15, -0.1) is 0 Å². The highest BCUT2D eigenvalue weighted by molar-refractivity contribution is 7.87. The molecule has 3 aromatic rings. The minimum atomic E-state index is -3.96. The van der Waals surface area contributed by atoms with Crippen molar-refractivity contribution in [2.45, 2.75) is 25.8 Å². The lowest BCUT2D eigenvalue weighted by molar-refractivity contribution is 0.0981. The van der Waals surface area contributed by atoms with E-state index in [1.165, 1.54) is 29.9 Å². The first-order chi connectivity index (χ1) is 16.8. The highest BCUT2D eigenvalue weighted by Crippen LogP contribution is 2.45. The Morgan fingerprint density at radius 2 is 2.09 bits per heavy atom. The summed E-state index contributed by atoms with van der Waals surface area (Å²) in [5.41, 5.74) is 2.12. The summed E-state index contributed by atoms with van der Waals surface area (Å²) in [4.78, 5) is 14.9. The van der Waals surface area contributed by atoms with Crippen molar-refractivity contribution in [1.82, 2.24) is 18.6 Å². The fourth-order valence-corrected chi connectivity index (χ4v) is 5.38. The molecule has 1 aromatic carbocycles. The smallest absolute Gasteiger partial charge is 0.303 e. The molecule has 0 saturated carbocycles. The largest absolute Gasteiger partial charge is 0.486 e. The highest BCUT2D eigenvalue weighted by atomic mass is 32.2. The van der Waals surface area contributed by atoms with E-state index in [-0.39, 0.29) is 24.0 Å². The second-order valence-corrected chi connectivity index (χ2v) is 10.3. The van der Waals surface area contributed by atoms with Crippen molar-refractivity contribution in [3.05, 3.63) is 53.6 Å². The number of carbonyl (C=O) groups is 1. The fourth-order valence-electron chi connectivity index (χ4n) is 4.54. The monoisotopic (exact) mass is 503 g/mol. The fraction of sp³-hybridized carbons (Fsp3) is 0.391. The quantitative estimate of drug-likeness (QED) is 0.551. The standard InChI is InChI=1S/C23H26FN5O5S/c1-3-27(2)35(31,32)26-23(30)18-14-25-29-8-6-16(13-20(18)29)28-7-4-5-19(28)17-11-15(24)12-21-22(17)34-10-9-33-21/h6,8,11-14,19H,3-5,7,9-10H2,1-2H3,(H,26,30)/t19-/m1/s1. The van der Waals surface area contributed by atoms with E-state index in [0.717, 1.165) is 34.9 Å². The van der Waals surface area contributed by atoms with Crippen molar-refractivity contribution >= 4 is 27.3 Å². The molecule has 186 valence electrons. The minimum absolute atomic E-state index is 0.135. The van der Waals surface area contributed by atoms with Crippen LogP contribution >= 0.6 is 0 Å². The molecule has 1 fully saturated rings. The number of pyridine rings is 1. The van der Waals surface area contributed by atoms with Gasteiger partial charge in [-0.3, -0.25) is 4.79 Å². The lowest BCUT2D eigenvalue weighted by atomic mass is 10.0. The van der Waals surface area contributed by atoms with Crippen LogP contribution in [0.4, 0.5) is 10.1 Å². The van der Waals surface area contributed by atoms with E-state index in [0.29, 0.717) is 30.2 Å². The number of fused-ring (bicyclic) bond motifs is 2. The van der Waals surface area contributed by atoms with E-state index in [1.807, 2.05) is 6.07 Å². The predicted octanol–water partition coefficient (Wildman–Crippen LogP) is 2.51. The van der Waals surface area contributed by atoms with Crippen LogP contribution < -0.4 is 19.1 Å². The van der Waals surface area contributed by atoms with Gasteiger partial charge in [-0.05, 0) is 31.0 Å². The normalized spacial score (nSPS) is 17.8. The van der Waals surface area contributed by atoms with Gasteiger partial charge in [0, 0.05) is 43.7 Å². The molecule has 4 heterocycles. The van der Waals surface area contributed by atoms with E-state index < -0.39 is 16.1 Å². The zero-order valence-electron chi connectivity index (χ0n) is 19.4. The van der Waals surface area contributed by atoms with Crippen LogP contribution in [0.5, 0.6) is 11.5 Å². The molecular weight excluding hydrogens is 477 g/mol. The molecule has 10 nitrogen and oxygen atoms in total. The summed E-state index contributed by atoms with van der Waals surface area (Å²) in [6, 6.07) is 6.33. The Kier molecular flexibility index (Phi) is 6.01. The van der Waals surface area contributed by atoms with Crippen LogP contribution in [0.2, 0.25) is 0 Å². The molecule has 2 aliphatic rings. The highest BCUT2D eigenvalue weighted by Gasteiger charge is 2.32. The molecule has 1 N–H and O–H groups in total. The predicted molar refractivity (Wildman–Crippen MR) is 127 cm³/mol. The Bertz CT molecular complexity index is 1390. The lowest BCUT2D eigenvalue weighted by Gasteiger charge is -2.30. The van der Waals surface area contributed by atoms with Gasteiger partial charge >= 0.3 is 10.2 Å². The molecule has 1 amide bonds. The average molecular weight is 504 g/mol. The minimum Gasteiger partial charge on any atom is -0.486 e. The number of aromatic nitrogens is 2. The van der Waals surface area contributed by atoms with Gasteiger partial charge in [-0.25, -0.2) is 13.6 Å². The van der Waals surface area contributed by atoms with Gasteiger partial charge in [0.25, 0.3) is 5.91 Å². The number of hydrogen-bond acceptors (Lipinski definition) is 7. The average Bonchev–Trinajstić information content (AvgIpc) is 3.49. The summed E-state index contributed by atoms with van der Waals surface area (Å²) in [7, 11) is -2.58. The number of nitrogens with zero attached hydrogens (tertiary/aromatic N) is 4. The van der Waals surface area contributed by atoms with Crippen molar-refractivity contribution < 1.29 is 27.1 Å². The molecule has 0 spiro atoms. The van der Waals surface area contributed by atoms with Crippen molar-refractivity contribution in [3.63, 3.8) is 0 Å². The van der Waals surface area contributed by atoms with Gasteiger partial charge in [0.05, 0.1) is 23.3 Å². The van der Waals surface area contributed by atoms with Gasteiger partial charge in [0.1, 0.15) is 19.0 Å². The molecular formula is C23H26FN5O5S. The van der Waals surface area contributed by atoms with Gasteiger partial charge < -0.3 is 14.4 Å². The summed E-state index contributed by atoms with van der Waals surface area (Å²) in [5.74, 6) is -0.188. The Labute approximate surface area is 202 Å². The maximum atomic E-state index is 14.4. The third kappa shape index (κ3) is 4.27. The Morgan fingerprint density at radius 3 is 2.89 bits per heavy atom. The van der Waals surface area contributed by atoms with Gasteiger partial charge in [0.15, 0.2) is 11.5 Å². The number of halogens is 1. The van der Waals surface area contributed by atoms with Gasteiger partial charge in [-0.2, -0.15) is 17.8 Å².